The molecule has 0 N–H and O–H groups in total. The average molecular weight is 326 g/mol. The molecule has 1 aromatic heterocycles. The fourth-order valence-corrected chi connectivity index (χ4v) is 2.21. The van der Waals surface area contributed by atoms with Crippen LogP contribution in [0.5, 0.6) is 0 Å². The number of nitrogens with zero attached hydrogens (tertiary/aromatic N) is 5. The molecule has 0 atom stereocenters. The van der Waals surface area contributed by atoms with Crippen molar-refractivity contribution in [2.24, 2.45) is 0 Å². The Kier molecular flexibility index (Phi) is 4.47. The summed E-state index contributed by atoms with van der Waals surface area (Å²) >= 11 is 5.63. The van der Waals surface area contributed by atoms with Gasteiger partial charge in [-0.25, -0.2) is 4.98 Å². The molecular formula is C10H11ClF3N5O2. The van der Waals surface area contributed by atoms with Crippen molar-refractivity contribution in [3.05, 3.63) is 21.6 Å². The fourth-order valence-electron chi connectivity index (χ4n) is 2.08. The summed E-state index contributed by atoms with van der Waals surface area (Å²) < 4.78 is 36.9. The van der Waals surface area contributed by atoms with Gasteiger partial charge < -0.3 is 4.90 Å². The maximum atomic E-state index is 12.3. The van der Waals surface area contributed by atoms with Crippen LogP contribution in [-0.4, -0.2) is 58.7 Å². The first-order valence-electron chi connectivity index (χ1n) is 5.97. The Morgan fingerprint density at radius 3 is 2.48 bits per heavy atom. The number of hydrogen-bond donors (Lipinski definition) is 0. The molecule has 11 heteroatoms. The van der Waals surface area contributed by atoms with Gasteiger partial charge in [-0.2, -0.15) is 18.2 Å². The highest BCUT2D eigenvalue weighted by Crippen LogP contribution is 2.27. The van der Waals surface area contributed by atoms with Gasteiger partial charge >= 0.3 is 11.9 Å². The highest BCUT2D eigenvalue weighted by Gasteiger charge is 2.33. The highest BCUT2D eigenvalue weighted by molar-refractivity contribution is 6.28. The molecule has 1 aromatic rings. The molecule has 0 bridgehead atoms. The predicted octanol–water partition coefficient (Wildman–Crippen LogP) is 1.72. The van der Waals surface area contributed by atoms with Gasteiger partial charge in [0.2, 0.25) is 11.1 Å². The number of alkyl halides is 3. The third-order valence-corrected chi connectivity index (χ3v) is 3.17. The maximum absolute atomic E-state index is 12.3. The van der Waals surface area contributed by atoms with Crippen molar-refractivity contribution in [3.8, 4) is 0 Å². The van der Waals surface area contributed by atoms with E-state index < -0.39 is 17.6 Å². The minimum absolute atomic E-state index is 0.0339. The molecule has 1 aliphatic rings. The topological polar surface area (TPSA) is 75.4 Å². The third kappa shape index (κ3) is 4.14. The second-order valence-electron chi connectivity index (χ2n) is 4.48. The number of halogens is 4. The summed E-state index contributed by atoms with van der Waals surface area (Å²) in [4.78, 5) is 20.4. The van der Waals surface area contributed by atoms with Gasteiger partial charge in [-0.05, 0) is 11.6 Å². The molecule has 0 unspecified atom stereocenters. The molecule has 7 nitrogen and oxygen atoms in total. The summed E-state index contributed by atoms with van der Waals surface area (Å²) in [6.45, 7) is -0.321. The molecule has 21 heavy (non-hydrogen) atoms. The van der Waals surface area contributed by atoms with Crippen molar-refractivity contribution in [2.45, 2.75) is 6.18 Å². The monoisotopic (exact) mass is 325 g/mol. The van der Waals surface area contributed by atoms with E-state index in [4.69, 9.17) is 11.6 Å². The number of anilines is 1. The average Bonchev–Trinajstić information content (AvgIpc) is 2.37. The zero-order chi connectivity index (χ0) is 15.6. The fraction of sp³-hybridized carbons (Fsp3) is 0.600. The number of hydrogen-bond acceptors (Lipinski definition) is 6. The van der Waals surface area contributed by atoms with Gasteiger partial charge in [0.15, 0.2) is 0 Å². The van der Waals surface area contributed by atoms with Crippen LogP contribution < -0.4 is 4.90 Å². The van der Waals surface area contributed by atoms with Crippen LogP contribution in [0, 0.1) is 10.1 Å². The van der Waals surface area contributed by atoms with E-state index in [1.165, 1.54) is 4.90 Å². The first-order valence-corrected chi connectivity index (χ1v) is 6.35. The maximum Gasteiger partial charge on any atom is 0.401 e. The van der Waals surface area contributed by atoms with E-state index in [0.29, 0.717) is 0 Å². The Bertz CT molecular complexity index is 534. The zero-order valence-corrected chi connectivity index (χ0v) is 11.4. The van der Waals surface area contributed by atoms with Crippen LogP contribution in [-0.2, 0) is 0 Å². The van der Waals surface area contributed by atoms with Crippen LogP contribution in [0.3, 0.4) is 0 Å². The highest BCUT2D eigenvalue weighted by atomic mass is 35.5. The molecule has 1 aliphatic heterocycles. The van der Waals surface area contributed by atoms with Crippen molar-refractivity contribution in [1.82, 2.24) is 14.9 Å². The lowest BCUT2D eigenvalue weighted by atomic mass is 10.3. The molecule has 0 aliphatic carbocycles. The van der Waals surface area contributed by atoms with E-state index >= 15 is 0 Å². The summed E-state index contributed by atoms with van der Waals surface area (Å²) in [5.41, 5.74) is -0.316. The van der Waals surface area contributed by atoms with Crippen molar-refractivity contribution < 1.29 is 18.1 Å². The summed E-state index contributed by atoms with van der Waals surface area (Å²) in [7, 11) is 0. The first kappa shape index (κ1) is 15.7. The van der Waals surface area contributed by atoms with Crippen LogP contribution in [0.4, 0.5) is 24.7 Å². The largest absolute Gasteiger partial charge is 0.401 e. The van der Waals surface area contributed by atoms with Crippen molar-refractivity contribution >= 4 is 23.1 Å². The van der Waals surface area contributed by atoms with Gasteiger partial charge in [0.05, 0.1) is 11.5 Å². The van der Waals surface area contributed by atoms with Gasteiger partial charge in [-0.3, -0.25) is 15.0 Å². The molecule has 1 saturated heterocycles. The Morgan fingerprint density at radius 1 is 1.33 bits per heavy atom. The molecule has 0 saturated carbocycles. The lowest BCUT2D eigenvalue weighted by molar-refractivity contribution is -0.384. The number of nitro groups is 1. The second-order valence-corrected chi connectivity index (χ2v) is 4.82. The van der Waals surface area contributed by atoms with Crippen LogP contribution in [0.25, 0.3) is 0 Å². The van der Waals surface area contributed by atoms with Crippen LogP contribution >= 0.6 is 11.6 Å². The minimum Gasteiger partial charge on any atom is -0.348 e. The normalized spacial score (nSPS) is 17.0. The first-order chi connectivity index (χ1) is 9.76. The molecule has 116 valence electrons. The van der Waals surface area contributed by atoms with Crippen LogP contribution in [0.15, 0.2) is 6.20 Å². The van der Waals surface area contributed by atoms with Crippen LogP contribution in [0.1, 0.15) is 0 Å². The molecule has 0 spiro atoms. The summed E-state index contributed by atoms with van der Waals surface area (Å²) in [6.07, 6.45) is -3.26. The van der Waals surface area contributed by atoms with Crippen LogP contribution in [0.2, 0.25) is 5.28 Å². The van der Waals surface area contributed by atoms with E-state index in [9.17, 15) is 23.3 Å². The Morgan fingerprint density at radius 2 is 1.95 bits per heavy atom. The SMILES string of the molecule is O=[N+]([O-])c1cnc(Cl)nc1N1CCN(CC(F)(F)F)CC1. The lowest BCUT2D eigenvalue weighted by Gasteiger charge is -2.35. The third-order valence-electron chi connectivity index (χ3n) is 2.99. The summed E-state index contributed by atoms with van der Waals surface area (Å²) in [5, 5.41) is 10.8. The molecule has 0 aromatic carbocycles. The standard InChI is InChI=1S/C10H11ClF3N5O2/c11-9-15-5-7(19(20)21)8(16-9)18-3-1-17(2-4-18)6-10(12,13)14/h5H,1-4,6H2. The van der Waals surface area contributed by atoms with E-state index in [0.717, 1.165) is 6.20 Å². The van der Waals surface area contributed by atoms with Gasteiger partial charge in [0.25, 0.3) is 0 Å². The van der Waals surface area contributed by atoms with Gasteiger partial charge in [-0.1, -0.05) is 0 Å². The Hall–Kier alpha value is -1.68. The molecule has 2 heterocycles. The number of aromatic nitrogens is 2. The molecule has 0 amide bonds. The van der Waals surface area contributed by atoms with Crippen molar-refractivity contribution in [3.63, 3.8) is 0 Å². The van der Waals surface area contributed by atoms with E-state index in [1.54, 1.807) is 4.90 Å². The Balaban J connectivity index is 2.09. The van der Waals surface area contributed by atoms with Crippen molar-refractivity contribution in [1.29, 1.82) is 0 Å². The summed E-state index contributed by atoms with van der Waals surface area (Å²) in [5.74, 6) is 0.0339. The molecular weight excluding hydrogens is 315 g/mol. The minimum atomic E-state index is -4.26. The molecule has 0 radical (unpaired) electrons. The van der Waals surface area contributed by atoms with Gasteiger partial charge in [0, 0.05) is 26.2 Å². The van der Waals surface area contributed by atoms with E-state index in [2.05, 4.69) is 9.97 Å². The second kappa shape index (κ2) is 5.98. The Labute approximate surface area is 122 Å². The van der Waals surface area contributed by atoms with Gasteiger partial charge in [0.1, 0.15) is 6.20 Å². The predicted molar refractivity (Wildman–Crippen MR) is 68.4 cm³/mol. The lowest BCUT2D eigenvalue weighted by Crippen LogP contribution is -2.49. The van der Waals surface area contributed by atoms with E-state index in [-0.39, 0.29) is 43.0 Å². The zero-order valence-electron chi connectivity index (χ0n) is 10.7. The number of rotatable bonds is 3. The summed E-state index contributed by atoms with van der Waals surface area (Å²) in [6, 6.07) is 0. The molecule has 2 rings (SSSR count). The smallest absolute Gasteiger partial charge is 0.348 e. The number of piperazine rings is 1. The van der Waals surface area contributed by atoms with Gasteiger partial charge in [-0.15, -0.1) is 0 Å². The van der Waals surface area contributed by atoms with E-state index in [1.807, 2.05) is 0 Å². The quantitative estimate of drug-likeness (QED) is 0.478. The molecule has 1 fully saturated rings. The van der Waals surface area contributed by atoms with Crippen molar-refractivity contribution in [2.75, 3.05) is 37.6 Å².